The van der Waals surface area contributed by atoms with Crippen LogP contribution in [0.4, 0.5) is 8.78 Å². The van der Waals surface area contributed by atoms with E-state index in [0.717, 1.165) is 6.07 Å². The largest absolute Gasteiger partial charge is 0.326 e. The molecule has 0 saturated carbocycles. The molecule has 8 heteroatoms. The first-order valence-corrected chi connectivity index (χ1v) is 6.62. The predicted molar refractivity (Wildman–Crippen MR) is 57.0 cm³/mol. The van der Waals surface area contributed by atoms with Crippen LogP contribution < -0.4 is 5.73 Å². The van der Waals surface area contributed by atoms with Crippen LogP contribution in [-0.2, 0) is 15.6 Å². The predicted octanol–water partition coefficient (Wildman–Crippen LogP) is 1.88. The molecule has 1 aromatic rings. The Labute approximate surface area is 101 Å². The molecule has 0 spiro atoms. The van der Waals surface area contributed by atoms with Crippen molar-refractivity contribution in [2.45, 2.75) is 17.9 Å². The van der Waals surface area contributed by atoms with Gasteiger partial charge in [0.1, 0.15) is 0 Å². The second-order valence-electron chi connectivity index (χ2n) is 3.07. The number of nitrogens with zero attached hydrogens (tertiary/aromatic N) is 1. The standard InChI is InChI=1S/C9H7ClF2N2O2S/c10-17(15,16)8-6(4-14)2-1-5(3-13)7(8)9(11)12/h1-2,9H,4,14H2. The molecule has 0 fully saturated rings. The third kappa shape index (κ3) is 2.72. The molecule has 0 unspecified atom stereocenters. The maximum Gasteiger partial charge on any atom is 0.266 e. The lowest BCUT2D eigenvalue weighted by molar-refractivity contribution is 0.147. The van der Waals surface area contributed by atoms with Gasteiger partial charge in [-0.25, -0.2) is 17.2 Å². The summed E-state index contributed by atoms with van der Waals surface area (Å²) in [5, 5.41) is 8.67. The number of halogens is 3. The Kier molecular flexibility index (Phi) is 4.03. The first-order valence-electron chi connectivity index (χ1n) is 4.31. The number of alkyl halides is 2. The van der Waals surface area contributed by atoms with Crippen molar-refractivity contribution in [1.82, 2.24) is 0 Å². The molecule has 92 valence electrons. The van der Waals surface area contributed by atoms with Crippen LogP contribution in [0.25, 0.3) is 0 Å². The molecule has 0 aliphatic heterocycles. The lowest BCUT2D eigenvalue weighted by atomic mass is 10.0. The van der Waals surface area contributed by atoms with Crippen molar-refractivity contribution < 1.29 is 17.2 Å². The van der Waals surface area contributed by atoms with Crippen LogP contribution in [0.1, 0.15) is 23.1 Å². The SMILES string of the molecule is N#Cc1ccc(CN)c(S(=O)(=O)Cl)c1C(F)F. The zero-order valence-electron chi connectivity index (χ0n) is 8.32. The van der Waals surface area contributed by atoms with Crippen LogP contribution in [-0.4, -0.2) is 8.42 Å². The van der Waals surface area contributed by atoms with Crippen LogP contribution in [0, 0.1) is 11.3 Å². The Morgan fingerprint density at radius 3 is 2.41 bits per heavy atom. The summed E-state index contributed by atoms with van der Waals surface area (Å²) >= 11 is 0. The highest BCUT2D eigenvalue weighted by molar-refractivity contribution is 8.13. The normalized spacial score (nSPS) is 11.5. The second kappa shape index (κ2) is 4.96. The van der Waals surface area contributed by atoms with Crippen LogP contribution >= 0.6 is 10.7 Å². The fraction of sp³-hybridized carbons (Fsp3) is 0.222. The van der Waals surface area contributed by atoms with E-state index < -0.39 is 31.5 Å². The Bertz CT molecular complexity index is 581. The van der Waals surface area contributed by atoms with E-state index in [0.29, 0.717) is 0 Å². The first kappa shape index (κ1) is 13.8. The fourth-order valence-corrected chi connectivity index (χ4v) is 2.88. The van der Waals surface area contributed by atoms with Gasteiger partial charge in [-0.3, -0.25) is 0 Å². The van der Waals surface area contributed by atoms with Gasteiger partial charge in [-0.15, -0.1) is 0 Å². The van der Waals surface area contributed by atoms with E-state index in [2.05, 4.69) is 0 Å². The molecule has 17 heavy (non-hydrogen) atoms. The third-order valence-electron chi connectivity index (χ3n) is 2.08. The van der Waals surface area contributed by atoms with Gasteiger partial charge in [-0.05, 0) is 11.6 Å². The molecule has 0 radical (unpaired) electrons. The van der Waals surface area contributed by atoms with Gasteiger partial charge in [0.2, 0.25) is 0 Å². The van der Waals surface area contributed by atoms with E-state index in [1.807, 2.05) is 0 Å². The topological polar surface area (TPSA) is 83.9 Å². The molecule has 0 heterocycles. The van der Waals surface area contributed by atoms with E-state index >= 15 is 0 Å². The summed E-state index contributed by atoms with van der Waals surface area (Å²) in [5.41, 5.74) is 3.88. The van der Waals surface area contributed by atoms with Crippen molar-refractivity contribution in [1.29, 1.82) is 5.26 Å². The third-order valence-corrected chi connectivity index (χ3v) is 3.51. The molecule has 0 atom stereocenters. The summed E-state index contributed by atoms with van der Waals surface area (Å²) < 4.78 is 48.2. The smallest absolute Gasteiger partial charge is 0.266 e. The molecule has 1 aromatic carbocycles. The lowest BCUT2D eigenvalue weighted by Crippen LogP contribution is -2.09. The van der Waals surface area contributed by atoms with Gasteiger partial charge in [0.15, 0.2) is 0 Å². The molecule has 0 aromatic heterocycles. The Balaban J connectivity index is 3.80. The quantitative estimate of drug-likeness (QED) is 0.857. The Morgan fingerprint density at radius 2 is 2.06 bits per heavy atom. The second-order valence-corrected chi connectivity index (χ2v) is 5.57. The maximum absolute atomic E-state index is 12.8. The van der Waals surface area contributed by atoms with Gasteiger partial charge < -0.3 is 5.73 Å². The van der Waals surface area contributed by atoms with E-state index in [-0.39, 0.29) is 12.1 Å². The van der Waals surface area contributed by atoms with E-state index in [4.69, 9.17) is 21.7 Å². The molecule has 2 N–H and O–H groups in total. The molecular weight excluding hydrogens is 274 g/mol. The summed E-state index contributed by atoms with van der Waals surface area (Å²) in [4.78, 5) is -0.768. The molecule has 0 saturated heterocycles. The van der Waals surface area contributed by atoms with Crippen molar-refractivity contribution in [3.05, 3.63) is 28.8 Å². The van der Waals surface area contributed by atoms with Gasteiger partial charge in [0.05, 0.1) is 22.1 Å². The van der Waals surface area contributed by atoms with Crippen molar-refractivity contribution in [2.75, 3.05) is 0 Å². The Morgan fingerprint density at radius 1 is 1.47 bits per heavy atom. The lowest BCUT2D eigenvalue weighted by Gasteiger charge is -2.12. The zero-order chi connectivity index (χ0) is 13.2. The van der Waals surface area contributed by atoms with Crippen LogP contribution in [0.15, 0.2) is 17.0 Å². The van der Waals surface area contributed by atoms with Gasteiger partial charge in [0.25, 0.3) is 15.5 Å². The highest BCUT2D eigenvalue weighted by atomic mass is 35.7. The molecule has 4 nitrogen and oxygen atoms in total. The summed E-state index contributed by atoms with van der Waals surface area (Å²) in [5.74, 6) is 0. The summed E-state index contributed by atoms with van der Waals surface area (Å²) in [6.07, 6.45) is -3.13. The zero-order valence-corrected chi connectivity index (χ0v) is 9.89. The first-order chi connectivity index (χ1) is 7.82. The molecule has 0 amide bonds. The molecule has 0 aliphatic carbocycles. The molecule has 0 bridgehead atoms. The number of nitrogens with two attached hydrogens (primary N) is 1. The highest BCUT2D eigenvalue weighted by Crippen LogP contribution is 2.34. The molecule has 0 aliphatic rings. The van der Waals surface area contributed by atoms with Crippen molar-refractivity contribution >= 4 is 19.7 Å². The summed E-state index contributed by atoms with van der Waals surface area (Å²) in [6.45, 7) is -0.271. The van der Waals surface area contributed by atoms with Gasteiger partial charge in [-0.1, -0.05) is 6.07 Å². The van der Waals surface area contributed by atoms with Crippen LogP contribution in [0.5, 0.6) is 0 Å². The number of nitriles is 1. The highest BCUT2D eigenvalue weighted by Gasteiger charge is 2.28. The maximum atomic E-state index is 12.8. The van der Waals surface area contributed by atoms with Crippen molar-refractivity contribution in [2.24, 2.45) is 5.73 Å². The van der Waals surface area contributed by atoms with Gasteiger partial charge >= 0.3 is 0 Å². The van der Waals surface area contributed by atoms with Gasteiger partial charge in [0, 0.05) is 17.2 Å². The summed E-state index contributed by atoms with van der Waals surface area (Å²) in [7, 11) is 0.702. The monoisotopic (exact) mass is 280 g/mol. The average molecular weight is 281 g/mol. The van der Waals surface area contributed by atoms with E-state index in [9.17, 15) is 17.2 Å². The fourth-order valence-electron chi connectivity index (χ4n) is 1.41. The minimum Gasteiger partial charge on any atom is -0.326 e. The minimum atomic E-state index is -4.39. The number of rotatable bonds is 3. The molecule has 1 rings (SSSR count). The number of benzene rings is 1. The van der Waals surface area contributed by atoms with Crippen LogP contribution in [0.2, 0.25) is 0 Å². The summed E-state index contributed by atoms with van der Waals surface area (Å²) in [6, 6.07) is 3.78. The van der Waals surface area contributed by atoms with Gasteiger partial charge in [-0.2, -0.15) is 5.26 Å². The number of hydrogen-bond donors (Lipinski definition) is 1. The van der Waals surface area contributed by atoms with Crippen molar-refractivity contribution in [3.63, 3.8) is 0 Å². The van der Waals surface area contributed by atoms with E-state index in [1.165, 1.54) is 12.1 Å². The molecular formula is C9H7ClF2N2O2S. The number of hydrogen-bond acceptors (Lipinski definition) is 4. The minimum absolute atomic E-state index is 0.0469. The van der Waals surface area contributed by atoms with E-state index in [1.54, 1.807) is 0 Å². The average Bonchev–Trinajstić information content (AvgIpc) is 2.25. The Hall–Kier alpha value is -1.23. The van der Waals surface area contributed by atoms with Crippen molar-refractivity contribution in [3.8, 4) is 6.07 Å². The van der Waals surface area contributed by atoms with Crippen LogP contribution in [0.3, 0.4) is 0 Å².